The molecule has 1 aromatic rings. The predicted octanol–water partition coefficient (Wildman–Crippen LogP) is 5.32. The summed E-state index contributed by atoms with van der Waals surface area (Å²) in [6.45, 7) is 5.69. The van der Waals surface area contributed by atoms with Gasteiger partial charge in [-0.05, 0) is 61.4 Å². The van der Waals surface area contributed by atoms with Crippen molar-refractivity contribution in [3.63, 3.8) is 0 Å². The summed E-state index contributed by atoms with van der Waals surface area (Å²) in [5.41, 5.74) is 1.35. The lowest BCUT2D eigenvalue weighted by molar-refractivity contribution is 0.223. The highest BCUT2D eigenvalue weighted by molar-refractivity contribution is 9.10. The van der Waals surface area contributed by atoms with Gasteiger partial charge in [0.2, 0.25) is 0 Å². The monoisotopic (exact) mass is 353 g/mol. The number of hydrogen-bond acceptors (Lipinski definition) is 2. The van der Waals surface area contributed by atoms with Crippen LogP contribution in [-0.4, -0.2) is 13.7 Å². The van der Waals surface area contributed by atoms with Gasteiger partial charge < -0.3 is 10.1 Å². The first-order valence-electron chi connectivity index (χ1n) is 8.22. The zero-order valence-corrected chi connectivity index (χ0v) is 15.1. The quantitative estimate of drug-likeness (QED) is 0.746. The third kappa shape index (κ3) is 4.46. The van der Waals surface area contributed by atoms with Gasteiger partial charge in [0.15, 0.2) is 0 Å². The average molecular weight is 354 g/mol. The van der Waals surface area contributed by atoms with Gasteiger partial charge in [-0.1, -0.05) is 42.6 Å². The molecule has 0 amide bonds. The van der Waals surface area contributed by atoms with E-state index < -0.39 is 0 Å². The van der Waals surface area contributed by atoms with Gasteiger partial charge in [-0.15, -0.1) is 0 Å². The Balaban J connectivity index is 2.26. The van der Waals surface area contributed by atoms with E-state index in [1.54, 1.807) is 7.11 Å². The largest absolute Gasteiger partial charge is 0.497 e. The Kier molecular flexibility index (Phi) is 6.56. The van der Waals surface area contributed by atoms with Gasteiger partial charge in [0, 0.05) is 10.5 Å². The molecule has 0 spiro atoms. The molecular weight excluding hydrogens is 326 g/mol. The molecule has 1 aromatic carbocycles. The molecule has 0 bridgehead atoms. The smallest absolute Gasteiger partial charge is 0.119 e. The summed E-state index contributed by atoms with van der Waals surface area (Å²) < 4.78 is 6.61. The highest BCUT2D eigenvalue weighted by Crippen LogP contribution is 2.40. The Labute approximate surface area is 137 Å². The number of halogens is 1. The number of ether oxygens (including phenoxy) is 1. The van der Waals surface area contributed by atoms with Gasteiger partial charge in [0.25, 0.3) is 0 Å². The molecule has 118 valence electrons. The summed E-state index contributed by atoms with van der Waals surface area (Å²) >= 11 is 3.74. The molecule has 0 saturated heterocycles. The van der Waals surface area contributed by atoms with E-state index >= 15 is 0 Å². The van der Waals surface area contributed by atoms with E-state index in [0.717, 1.165) is 24.1 Å². The maximum Gasteiger partial charge on any atom is 0.119 e. The van der Waals surface area contributed by atoms with Crippen molar-refractivity contribution in [1.82, 2.24) is 5.32 Å². The van der Waals surface area contributed by atoms with Crippen LogP contribution in [0.4, 0.5) is 0 Å². The van der Waals surface area contributed by atoms with E-state index in [0.29, 0.717) is 6.04 Å². The molecule has 1 saturated carbocycles. The molecule has 1 aliphatic rings. The highest BCUT2D eigenvalue weighted by atomic mass is 79.9. The van der Waals surface area contributed by atoms with Crippen LogP contribution in [0.1, 0.15) is 57.6 Å². The summed E-state index contributed by atoms with van der Waals surface area (Å²) in [6, 6.07) is 6.75. The van der Waals surface area contributed by atoms with Crippen LogP contribution in [0.15, 0.2) is 22.7 Å². The van der Waals surface area contributed by atoms with Crippen molar-refractivity contribution in [1.29, 1.82) is 0 Å². The van der Waals surface area contributed by atoms with Gasteiger partial charge in [0.1, 0.15) is 5.75 Å². The molecule has 3 unspecified atom stereocenters. The summed E-state index contributed by atoms with van der Waals surface area (Å²) in [5.74, 6) is 2.52. The fraction of sp³-hybridized carbons (Fsp3) is 0.667. The van der Waals surface area contributed by atoms with Crippen LogP contribution < -0.4 is 10.1 Å². The van der Waals surface area contributed by atoms with Crippen LogP contribution in [0.25, 0.3) is 0 Å². The van der Waals surface area contributed by atoms with Crippen LogP contribution in [0.5, 0.6) is 5.75 Å². The average Bonchev–Trinajstić information content (AvgIpc) is 2.49. The number of benzene rings is 1. The number of hydrogen-bond donors (Lipinski definition) is 1. The lowest BCUT2D eigenvalue weighted by atomic mass is 9.76. The Morgan fingerprint density at radius 3 is 2.86 bits per heavy atom. The van der Waals surface area contributed by atoms with Crippen molar-refractivity contribution in [3.05, 3.63) is 28.2 Å². The van der Waals surface area contributed by atoms with E-state index in [-0.39, 0.29) is 0 Å². The zero-order valence-electron chi connectivity index (χ0n) is 13.5. The maximum absolute atomic E-state index is 5.42. The van der Waals surface area contributed by atoms with Crippen molar-refractivity contribution in [2.75, 3.05) is 13.7 Å². The van der Waals surface area contributed by atoms with E-state index in [2.05, 4.69) is 47.2 Å². The van der Waals surface area contributed by atoms with E-state index in [1.807, 2.05) is 6.07 Å². The molecule has 3 atom stereocenters. The van der Waals surface area contributed by atoms with Crippen LogP contribution in [0, 0.1) is 11.8 Å². The Morgan fingerprint density at radius 2 is 2.19 bits per heavy atom. The third-order valence-electron chi connectivity index (χ3n) is 4.60. The van der Waals surface area contributed by atoms with E-state index in [9.17, 15) is 0 Å². The fourth-order valence-corrected chi connectivity index (χ4v) is 3.99. The lowest BCUT2D eigenvalue weighted by Crippen LogP contribution is -2.32. The Morgan fingerprint density at radius 1 is 1.38 bits per heavy atom. The third-order valence-corrected chi connectivity index (χ3v) is 5.32. The van der Waals surface area contributed by atoms with Gasteiger partial charge in [-0.3, -0.25) is 0 Å². The Bertz CT molecular complexity index is 449. The van der Waals surface area contributed by atoms with Crippen molar-refractivity contribution >= 4 is 15.9 Å². The highest BCUT2D eigenvalue weighted by Gasteiger charge is 2.28. The molecular formula is C18H28BrNO. The molecule has 3 heteroatoms. The SMILES string of the molecule is CCCNC(c1cc(OC)ccc1Br)C1CCCC(C)C1. The molecule has 0 heterocycles. The fourth-order valence-electron chi connectivity index (χ4n) is 3.50. The Hall–Kier alpha value is -0.540. The maximum atomic E-state index is 5.42. The molecule has 0 aromatic heterocycles. The minimum Gasteiger partial charge on any atom is -0.497 e. The lowest BCUT2D eigenvalue weighted by Gasteiger charge is -2.35. The zero-order chi connectivity index (χ0) is 15.2. The van der Waals surface area contributed by atoms with Crippen LogP contribution in [0.2, 0.25) is 0 Å². The first kappa shape index (κ1) is 16.8. The van der Waals surface area contributed by atoms with Crippen molar-refractivity contribution < 1.29 is 4.74 Å². The van der Waals surface area contributed by atoms with Crippen LogP contribution in [-0.2, 0) is 0 Å². The molecule has 2 rings (SSSR count). The second kappa shape index (κ2) is 8.19. The molecule has 2 nitrogen and oxygen atoms in total. The van der Waals surface area contributed by atoms with Crippen molar-refractivity contribution in [2.45, 2.75) is 52.0 Å². The van der Waals surface area contributed by atoms with Crippen LogP contribution in [0.3, 0.4) is 0 Å². The summed E-state index contributed by atoms with van der Waals surface area (Å²) in [5, 5.41) is 3.78. The first-order valence-corrected chi connectivity index (χ1v) is 9.01. The second-order valence-electron chi connectivity index (χ2n) is 6.35. The topological polar surface area (TPSA) is 21.3 Å². The number of rotatable bonds is 6. The summed E-state index contributed by atoms with van der Waals surface area (Å²) in [4.78, 5) is 0. The molecule has 1 fully saturated rings. The standard InChI is InChI=1S/C18H28BrNO/c1-4-10-20-18(14-7-5-6-13(2)11-14)16-12-15(21-3)8-9-17(16)19/h8-9,12-14,18,20H,4-7,10-11H2,1-3H3. The van der Waals surface area contributed by atoms with Gasteiger partial charge in [0.05, 0.1) is 7.11 Å². The van der Waals surface area contributed by atoms with E-state index in [4.69, 9.17) is 4.74 Å². The molecule has 1 N–H and O–H groups in total. The molecule has 0 aliphatic heterocycles. The van der Waals surface area contributed by atoms with Crippen molar-refractivity contribution in [2.24, 2.45) is 11.8 Å². The van der Waals surface area contributed by atoms with Gasteiger partial charge >= 0.3 is 0 Å². The summed E-state index contributed by atoms with van der Waals surface area (Å²) in [7, 11) is 1.74. The first-order chi connectivity index (χ1) is 10.2. The minimum absolute atomic E-state index is 0.428. The van der Waals surface area contributed by atoms with Gasteiger partial charge in [-0.25, -0.2) is 0 Å². The molecule has 1 aliphatic carbocycles. The van der Waals surface area contributed by atoms with Crippen molar-refractivity contribution in [3.8, 4) is 5.75 Å². The summed E-state index contributed by atoms with van der Waals surface area (Å²) in [6.07, 6.45) is 6.56. The van der Waals surface area contributed by atoms with Crippen LogP contribution >= 0.6 is 15.9 Å². The number of nitrogens with one attached hydrogen (secondary N) is 1. The predicted molar refractivity (Wildman–Crippen MR) is 92.9 cm³/mol. The molecule has 0 radical (unpaired) electrons. The normalized spacial score (nSPS) is 23.8. The number of methoxy groups -OCH3 is 1. The second-order valence-corrected chi connectivity index (χ2v) is 7.21. The minimum atomic E-state index is 0.428. The van der Waals surface area contributed by atoms with E-state index in [1.165, 1.54) is 42.1 Å². The molecule has 21 heavy (non-hydrogen) atoms. The van der Waals surface area contributed by atoms with Gasteiger partial charge in [-0.2, -0.15) is 0 Å².